The Morgan fingerprint density at radius 3 is 2.64 bits per heavy atom. The first-order valence-electron chi connectivity index (χ1n) is 8.73. The molecule has 1 aromatic carbocycles. The van der Waals surface area contributed by atoms with Gasteiger partial charge in [0.15, 0.2) is 0 Å². The van der Waals surface area contributed by atoms with Crippen LogP contribution in [0.5, 0.6) is 0 Å². The summed E-state index contributed by atoms with van der Waals surface area (Å²) in [6, 6.07) is 12.4. The van der Waals surface area contributed by atoms with Crippen LogP contribution in [0.15, 0.2) is 36.4 Å². The number of benzene rings is 1. The number of carboxylic acids is 1. The maximum Gasteiger partial charge on any atom is 0.307 e. The summed E-state index contributed by atoms with van der Waals surface area (Å²) in [4.78, 5) is 15.1. The summed E-state index contributed by atoms with van der Waals surface area (Å²) in [6.45, 7) is 6.35. The van der Waals surface area contributed by atoms with Crippen LogP contribution in [-0.4, -0.2) is 27.8 Å². The number of aromatic nitrogens is 1. The molecule has 4 nitrogen and oxygen atoms in total. The van der Waals surface area contributed by atoms with Gasteiger partial charge in [-0.15, -0.1) is 0 Å². The molecular formula is C21H27NO3. The zero-order valence-corrected chi connectivity index (χ0v) is 15.2. The van der Waals surface area contributed by atoms with Gasteiger partial charge in [-0.25, -0.2) is 0 Å². The van der Waals surface area contributed by atoms with Crippen LogP contribution >= 0.6 is 0 Å². The molecule has 0 bridgehead atoms. The lowest BCUT2D eigenvalue weighted by Gasteiger charge is -2.07. The Morgan fingerprint density at radius 1 is 1.24 bits per heavy atom. The standard InChI is InChI=1S/C11H16O.C10H11NO2/c1-9-4-3-5-11(6-9)7-10(2)8-12;1-6-2-3-7-4-8(10(12)13)5-9(7)11-6/h3-6,10,12H,7-8H2,1-2H3;2-3,8H,4-5H2,1H3,(H,12,13)/t10-;/m0./s1. The van der Waals surface area contributed by atoms with Crippen molar-refractivity contribution in [2.24, 2.45) is 11.8 Å². The van der Waals surface area contributed by atoms with Crippen molar-refractivity contribution in [3.63, 3.8) is 0 Å². The Balaban J connectivity index is 0.000000181. The van der Waals surface area contributed by atoms with Crippen LogP contribution in [0.1, 0.15) is 35.0 Å². The van der Waals surface area contributed by atoms with E-state index >= 15 is 0 Å². The molecule has 1 unspecified atom stereocenters. The largest absolute Gasteiger partial charge is 0.481 e. The number of aliphatic carboxylic acids is 1. The Labute approximate surface area is 149 Å². The zero-order chi connectivity index (χ0) is 18.4. The number of hydrogen-bond acceptors (Lipinski definition) is 3. The molecule has 2 atom stereocenters. The van der Waals surface area contributed by atoms with Crippen LogP contribution in [0.2, 0.25) is 0 Å². The van der Waals surface area contributed by atoms with Crippen LogP contribution < -0.4 is 0 Å². The predicted octanol–water partition coefficient (Wildman–Crippen LogP) is 3.36. The van der Waals surface area contributed by atoms with Crippen molar-refractivity contribution < 1.29 is 15.0 Å². The van der Waals surface area contributed by atoms with Gasteiger partial charge < -0.3 is 10.2 Å². The van der Waals surface area contributed by atoms with Crippen LogP contribution in [-0.2, 0) is 24.1 Å². The number of aryl methyl sites for hydroxylation is 2. The van der Waals surface area contributed by atoms with E-state index in [2.05, 4.69) is 43.1 Å². The van der Waals surface area contributed by atoms with E-state index in [1.807, 2.05) is 19.1 Å². The highest BCUT2D eigenvalue weighted by Crippen LogP contribution is 2.25. The predicted molar refractivity (Wildman–Crippen MR) is 98.6 cm³/mol. The molecule has 1 aromatic heterocycles. The number of fused-ring (bicyclic) bond motifs is 1. The fourth-order valence-corrected chi connectivity index (χ4v) is 3.05. The summed E-state index contributed by atoms with van der Waals surface area (Å²) in [6.07, 6.45) is 2.20. The zero-order valence-electron chi connectivity index (χ0n) is 15.2. The molecule has 2 aromatic rings. The molecule has 1 aliphatic rings. The lowest BCUT2D eigenvalue weighted by Crippen LogP contribution is -2.13. The second kappa shape index (κ2) is 8.77. The number of rotatable bonds is 4. The highest BCUT2D eigenvalue weighted by atomic mass is 16.4. The van der Waals surface area contributed by atoms with Crippen molar-refractivity contribution in [1.29, 1.82) is 0 Å². The summed E-state index contributed by atoms with van der Waals surface area (Å²) >= 11 is 0. The Bertz CT molecular complexity index is 727. The Kier molecular flexibility index (Phi) is 6.71. The maximum absolute atomic E-state index is 10.7. The van der Waals surface area contributed by atoms with Gasteiger partial charge in [-0.2, -0.15) is 0 Å². The number of hydrogen-bond donors (Lipinski definition) is 2. The molecule has 0 radical (unpaired) electrons. The molecule has 25 heavy (non-hydrogen) atoms. The van der Waals surface area contributed by atoms with E-state index in [-0.39, 0.29) is 12.5 Å². The second-order valence-corrected chi connectivity index (χ2v) is 6.98. The number of nitrogens with zero attached hydrogens (tertiary/aromatic N) is 1. The molecule has 0 saturated heterocycles. The SMILES string of the molecule is Cc1ccc2c(n1)CC(C(=O)O)C2.Cc1cccc(C[C@H](C)CO)c1. The molecule has 134 valence electrons. The monoisotopic (exact) mass is 341 g/mol. The van der Waals surface area contributed by atoms with Gasteiger partial charge >= 0.3 is 5.97 Å². The van der Waals surface area contributed by atoms with E-state index in [1.165, 1.54) is 11.1 Å². The minimum atomic E-state index is -0.712. The number of aliphatic hydroxyl groups is 1. The van der Waals surface area contributed by atoms with E-state index in [1.54, 1.807) is 0 Å². The molecule has 0 amide bonds. The molecule has 4 heteroatoms. The highest BCUT2D eigenvalue weighted by Gasteiger charge is 2.27. The number of carboxylic acid groups (broad SMARTS) is 1. The number of aliphatic hydroxyl groups excluding tert-OH is 1. The Hall–Kier alpha value is -2.20. The van der Waals surface area contributed by atoms with E-state index in [0.717, 1.165) is 23.4 Å². The van der Waals surface area contributed by atoms with Crippen molar-refractivity contribution in [3.05, 3.63) is 64.5 Å². The van der Waals surface area contributed by atoms with Gasteiger partial charge in [0.25, 0.3) is 0 Å². The van der Waals surface area contributed by atoms with Gasteiger partial charge in [0, 0.05) is 24.4 Å². The van der Waals surface area contributed by atoms with E-state index in [9.17, 15) is 4.79 Å². The van der Waals surface area contributed by atoms with Gasteiger partial charge in [0.05, 0.1) is 5.92 Å². The topological polar surface area (TPSA) is 70.4 Å². The summed E-state index contributed by atoms with van der Waals surface area (Å²) < 4.78 is 0. The quantitative estimate of drug-likeness (QED) is 0.895. The Morgan fingerprint density at radius 2 is 2.00 bits per heavy atom. The molecule has 2 N–H and O–H groups in total. The normalized spacial score (nSPS) is 16.6. The van der Waals surface area contributed by atoms with Crippen molar-refractivity contribution in [1.82, 2.24) is 4.98 Å². The molecular weight excluding hydrogens is 314 g/mol. The second-order valence-electron chi connectivity index (χ2n) is 6.98. The smallest absolute Gasteiger partial charge is 0.307 e. The molecule has 1 aliphatic carbocycles. The van der Waals surface area contributed by atoms with Gasteiger partial charge in [-0.1, -0.05) is 42.8 Å². The number of carbonyl (C=O) groups is 1. The minimum Gasteiger partial charge on any atom is -0.481 e. The van der Waals surface area contributed by atoms with Gasteiger partial charge in [0.1, 0.15) is 0 Å². The number of pyridine rings is 1. The van der Waals surface area contributed by atoms with Crippen LogP contribution in [0.25, 0.3) is 0 Å². The lowest BCUT2D eigenvalue weighted by molar-refractivity contribution is -0.141. The van der Waals surface area contributed by atoms with E-state index < -0.39 is 5.97 Å². The third-order valence-electron chi connectivity index (χ3n) is 4.44. The summed E-state index contributed by atoms with van der Waals surface area (Å²) in [5.74, 6) is -0.605. The van der Waals surface area contributed by atoms with Crippen LogP contribution in [0.4, 0.5) is 0 Å². The van der Waals surface area contributed by atoms with Crippen LogP contribution in [0.3, 0.4) is 0 Å². The first-order valence-corrected chi connectivity index (χ1v) is 8.73. The first kappa shape index (κ1) is 19.1. The minimum absolute atomic E-state index is 0.260. The van der Waals surface area contributed by atoms with Gasteiger partial charge in [-0.3, -0.25) is 9.78 Å². The third-order valence-corrected chi connectivity index (χ3v) is 4.44. The summed E-state index contributed by atoms with van der Waals surface area (Å²) in [5.41, 5.74) is 5.63. The van der Waals surface area contributed by atoms with Crippen molar-refractivity contribution in [2.75, 3.05) is 6.61 Å². The fraction of sp³-hybridized carbons (Fsp3) is 0.429. The van der Waals surface area contributed by atoms with E-state index in [4.69, 9.17) is 10.2 Å². The molecule has 0 fully saturated rings. The third kappa shape index (κ3) is 5.68. The average Bonchev–Trinajstić information content (AvgIpc) is 2.99. The van der Waals surface area contributed by atoms with Crippen molar-refractivity contribution in [2.45, 2.75) is 40.0 Å². The molecule has 1 heterocycles. The van der Waals surface area contributed by atoms with Crippen LogP contribution in [0, 0.1) is 25.7 Å². The molecule has 3 rings (SSSR count). The van der Waals surface area contributed by atoms with E-state index in [0.29, 0.717) is 18.8 Å². The van der Waals surface area contributed by atoms with Crippen molar-refractivity contribution in [3.8, 4) is 0 Å². The fourth-order valence-electron chi connectivity index (χ4n) is 3.05. The van der Waals surface area contributed by atoms with Gasteiger partial charge in [-0.05, 0) is 49.8 Å². The molecule has 0 aliphatic heterocycles. The first-order chi connectivity index (χ1) is 11.9. The maximum atomic E-state index is 10.7. The average molecular weight is 341 g/mol. The van der Waals surface area contributed by atoms with Crippen molar-refractivity contribution >= 4 is 5.97 Å². The summed E-state index contributed by atoms with van der Waals surface area (Å²) in [7, 11) is 0. The van der Waals surface area contributed by atoms with Gasteiger partial charge in [0.2, 0.25) is 0 Å². The molecule has 0 saturated carbocycles. The lowest BCUT2D eigenvalue weighted by atomic mass is 10.0. The molecule has 0 spiro atoms. The summed E-state index contributed by atoms with van der Waals surface area (Å²) in [5, 5.41) is 17.7. The highest BCUT2D eigenvalue weighted by molar-refractivity contribution is 5.72.